The number of hydrogen-bond acceptors (Lipinski definition) is 1. The van der Waals surface area contributed by atoms with E-state index in [0.29, 0.717) is 5.15 Å². The fraction of sp³-hybridized carbons (Fsp3) is 0.500. The van der Waals surface area contributed by atoms with Gasteiger partial charge in [-0.2, -0.15) is 0 Å². The molecule has 0 amide bonds. The zero-order chi connectivity index (χ0) is 9.90. The van der Waals surface area contributed by atoms with E-state index in [1.165, 1.54) is 0 Å². The van der Waals surface area contributed by atoms with Crippen molar-refractivity contribution >= 4 is 27.5 Å². The van der Waals surface area contributed by atoms with Gasteiger partial charge >= 0.3 is 0 Å². The summed E-state index contributed by atoms with van der Waals surface area (Å²) in [6.45, 7) is 4.40. The minimum atomic E-state index is 0.229. The van der Waals surface area contributed by atoms with Gasteiger partial charge in [0.1, 0.15) is 5.15 Å². The van der Waals surface area contributed by atoms with E-state index in [2.05, 4.69) is 34.8 Å². The summed E-state index contributed by atoms with van der Waals surface area (Å²) >= 11 is 9.45. The molecule has 0 spiro atoms. The molecular formula is C10H13BrClN. The van der Waals surface area contributed by atoms with E-state index in [1.54, 1.807) is 6.20 Å². The third-order valence-electron chi connectivity index (χ3n) is 1.87. The van der Waals surface area contributed by atoms with Crippen LogP contribution in [0.3, 0.4) is 0 Å². The Hall–Kier alpha value is -0.0800. The average molecular weight is 263 g/mol. The molecular weight excluding hydrogens is 249 g/mol. The molecule has 1 nitrogen and oxygen atoms in total. The summed E-state index contributed by atoms with van der Waals surface area (Å²) in [6.07, 6.45) is 2.66. The molecule has 1 aromatic rings. The second-order valence-corrected chi connectivity index (χ2v) is 4.85. The summed E-state index contributed by atoms with van der Waals surface area (Å²) in [4.78, 5) is 4.05. The summed E-state index contributed by atoms with van der Waals surface area (Å²) in [7, 11) is 0. The van der Waals surface area contributed by atoms with E-state index in [-0.39, 0.29) is 5.41 Å². The number of alkyl halides is 1. The van der Waals surface area contributed by atoms with Crippen molar-refractivity contribution in [1.29, 1.82) is 0 Å². The van der Waals surface area contributed by atoms with Crippen LogP contribution in [-0.4, -0.2) is 10.3 Å². The maximum atomic E-state index is 5.96. The smallest absolute Gasteiger partial charge is 0.132 e. The highest BCUT2D eigenvalue weighted by molar-refractivity contribution is 9.09. The van der Waals surface area contributed by atoms with Gasteiger partial charge in [-0.05, 0) is 23.5 Å². The quantitative estimate of drug-likeness (QED) is 0.598. The summed E-state index contributed by atoms with van der Waals surface area (Å²) in [5.74, 6) is 0. The molecule has 3 heteroatoms. The van der Waals surface area contributed by atoms with Gasteiger partial charge < -0.3 is 0 Å². The summed E-state index contributed by atoms with van der Waals surface area (Å²) in [5, 5.41) is 1.59. The number of rotatable bonds is 3. The van der Waals surface area contributed by atoms with Crippen LogP contribution in [0, 0.1) is 5.41 Å². The molecule has 72 valence electrons. The second kappa shape index (κ2) is 4.43. The lowest BCUT2D eigenvalue weighted by Gasteiger charge is -2.21. The van der Waals surface area contributed by atoms with Crippen LogP contribution in [0.2, 0.25) is 5.15 Å². The van der Waals surface area contributed by atoms with Crippen molar-refractivity contribution in [3.63, 3.8) is 0 Å². The van der Waals surface area contributed by atoms with Crippen molar-refractivity contribution in [2.24, 2.45) is 5.41 Å². The SMILES string of the molecule is CC(C)(CBr)Cc1cccnc1Cl. The average Bonchev–Trinajstić information content (AvgIpc) is 2.09. The van der Waals surface area contributed by atoms with Crippen LogP contribution in [0.25, 0.3) is 0 Å². The lowest BCUT2D eigenvalue weighted by Crippen LogP contribution is -2.16. The Morgan fingerprint density at radius 1 is 1.54 bits per heavy atom. The zero-order valence-corrected chi connectivity index (χ0v) is 10.2. The molecule has 0 aliphatic heterocycles. The predicted octanol–water partition coefficient (Wildman–Crippen LogP) is 3.70. The van der Waals surface area contributed by atoms with Crippen molar-refractivity contribution in [3.8, 4) is 0 Å². The van der Waals surface area contributed by atoms with Gasteiger partial charge in [0.25, 0.3) is 0 Å². The maximum Gasteiger partial charge on any atom is 0.132 e. The molecule has 0 aliphatic rings. The first kappa shape index (κ1) is 11.0. The van der Waals surface area contributed by atoms with Gasteiger partial charge in [0.2, 0.25) is 0 Å². The van der Waals surface area contributed by atoms with E-state index in [1.807, 2.05) is 12.1 Å². The zero-order valence-electron chi connectivity index (χ0n) is 7.85. The first-order chi connectivity index (χ1) is 6.05. The third-order valence-corrected chi connectivity index (χ3v) is 3.73. The largest absolute Gasteiger partial charge is 0.244 e. The van der Waals surface area contributed by atoms with E-state index in [0.717, 1.165) is 17.3 Å². The topological polar surface area (TPSA) is 12.9 Å². The molecule has 1 aromatic heterocycles. The molecule has 0 saturated heterocycles. The fourth-order valence-electron chi connectivity index (χ4n) is 1.11. The van der Waals surface area contributed by atoms with Gasteiger partial charge in [0.15, 0.2) is 0 Å². The second-order valence-electron chi connectivity index (χ2n) is 3.93. The standard InChI is InChI=1S/C10H13BrClN/c1-10(2,7-11)6-8-4-3-5-13-9(8)12/h3-5H,6-7H2,1-2H3. The highest BCUT2D eigenvalue weighted by Crippen LogP contribution is 2.26. The van der Waals surface area contributed by atoms with E-state index in [9.17, 15) is 0 Å². The Labute approximate surface area is 92.6 Å². The van der Waals surface area contributed by atoms with Gasteiger partial charge in [-0.25, -0.2) is 4.98 Å². The third kappa shape index (κ3) is 3.28. The van der Waals surface area contributed by atoms with Crippen molar-refractivity contribution in [2.75, 3.05) is 5.33 Å². The van der Waals surface area contributed by atoms with Crippen LogP contribution in [0.1, 0.15) is 19.4 Å². The molecule has 1 heterocycles. The number of halogens is 2. The minimum Gasteiger partial charge on any atom is -0.244 e. The van der Waals surface area contributed by atoms with Gasteiger partial charge in [-0.1, -0.05) is 47.4 Å². The van der Waals surface area contributed by atoms with Crippen LogP contribution in [0.5, 0.6) is 0 Å². The Morgan fingerprint density at radius 2 is 2.23 bits per heavy atom. The van der Waals surface area contributed by atoms with Crippen molar-refractivity contribution in [2.45, 2.75) is 20.3 Å². The van der Waals surface area contributed by atoms with Crippen LogP contribution in [-0.2, 0) is 6.42 Å². The van der Waals surface area contributed by atoms with Gasteiger partial charge in [-0.15, -0.1) is 0 Å². The number of pyridine rings is 1. The van der Waals surface area contributed by atoms with E-state index in [4.69, 9.17) is 11.6 Å². The molecule has 0 unspecified atom stereocenters. The monoisotopic (exact) mass is 261 g/mol. The molecule has 0 bridgehead atoms. The molecule has 0 atom stereocenters. The Balaban J connectivity index is 2.80. The summed E-state index contributed by atoms with van der Waals surface area (Å²) in [6, 6.07) is 3.95. The van der Waals surface area contributed by atoms with Crippen LogP contribution >= 0.6 is 27.5 Å². The molecule has 13 heavy (non-hydrogen) atoms. The fourth-order valence-corrected chi connectivity index (χ4v) is 1.50. The van der Waals surface area contributed by atoms with E-state index < -0.39 is 0 Å². The predicted molar refractivity (Wildman–Crippen MR) is 60.5 cm³/mol. The maximum absolute atomic E-state index is 5.96. The van der Waals surface area contributed by atoms with Crippen molar-refractivity contribution in [1.82, 2.24) is 4.98 Å². The van der Waals surface area contributed by atoms with Crippen LogP contribution < -0.4 is 0 Å². The Morgan fingerprint density at radius 3 is 2.77 bits per heavy atom. The van der Waals surface area contributed by atoms with Crippen LogP contribution in [0.15, 0.2) is 18.3 Å². The van der Waals surface area contributed by atoms with Gasteiger partial charge in [-0.3, -0.25) is 0 Å². The summed E-state index contributed by atoms with van der Waals surface area (Å²) < 4.78 is 0. The van der Waals surface area contributed by atoms with Gasteiger partial charge in [0.05, 0.1) is 0 Å². The number of hydrogen-bond donors (Lipinski definition) is 0. The van der Waals surface area contributed by atoms with Crippen molar-refractivity contribution in [3.05, 3.63) is 29.0 Å². The van der Waals surface area contributed by atoms with Crippen molar-refractivity contribution < 1.29 is 0 Å². The molecule has 0 N–H and O–H groups in total. The normalized spacial score (nSPS) is 11.7. The Kier molecular flexibility index (Phi) is 3.74. The molecule has 0 radical (unpaired) electrons. The highest BCUT2D eigenvalue weighted by Gasteiger charge is 2.18. The number of aromatic nitrogens is 1. The van der Waals surface area contributed by atoms with Gasteiger partial charge in [0, 0.05) is 11.5 Å². The molecule has 0 saturated carbocycles. The van der Waals surface area contributed by atoms with Crippen LogP contribution in [0.4, 0.5) is 0 Å². The molecule has 0 aliphatic carbocycles. The van der Waals surface area contributed by atoms with E-state index >= 15 is 0 Å². The summed E-state index contributed by atoms with van der Waals surface area (Å²) in [5.41, 5.74) is 1.35. The lowest BCUT2D eigenvalue weighted by atomic mass is 9.89. The molecule has 0 aromatic carbocycles. The molecule has 1 rings (SSSR count). The first-order valence-electron chi connectivity index (χ1n) is 4.20. The first-order valence-corrected chi connectivity index (χ1v) is 5.70. The molecule has 0 fully saturated rings. The lowest BCUT2D eigenvalue weighted by molar-refractivity contribution is 0.424. The minimum absolute atomic E-state index is 0.229. The Bertz CT molecular complexity index is 286. The highest BCUT2D eigenvalue weighted by atomic mass is 79.9. The number of nitrogens with zero attached hydrogens (tertiary/aromatic N) is 1.